The number of aryl methyl sites for hydroxylation is 2. The lowest BCUT2D eigenvalue weighted by molar-refractivity contribution is -0.138. The van der Waals surface area contributed by atoms with Crippen molar-refractivity contribution in [3.63, 3.8) is 0 Å². The van der Waals surface area contributed by atoms with Crippen molar-refractivity contribution >= 4 is 16.9 Å². The van der Waals surface area contributed by atoms with Gasteiger partial charge in [-0.3, -0.25) is 4.79 Å². The highest BCUT2D eigenvalue weighted by Gasteiger charge is 2.18. The normalized spacial score (nSPS) is 12.8. The molecule has 0 saturated carbocycles. The number of hydrogen-bond acceptors (Lipinski definition) is 2. The van der Waals surface area contributed by atoms with Crippen molar-refractivity contribution in [1.29, 1.82) is 0 Å². The third kappa shape index (κ3) is 2.11. The predicted molar refractivity (Wildman–Crippen MR) is 71.7 cm³/mol. The van der Waals surface area contributed by atoms with E-state index in [9.17, 15) is 4.79 Å². The summed E-state index contributed by atoms with van der Waals surface area (Å²) in [7, 11) is 0. The number of H-pyrrole nitrogens is 1. The van der Waals surface area contributed by atoms with E-state index in [1.54, 1.807) is 0 Å². The third-order valence-corrected chi connectivity index (χ3v) is 3.35. The number of nitrogens with two attached hydrogens (primary N) is 1. The Morgan fingerprint density at radius 3 is 2.83 bits per heavy atom. The average molecular weight is 246 g/mol. The maximum atomic E-state index is 10.9. The molecule has 96 valence electrons. The zero-order valence-electron chi connectivity index (χ0n) is 10.7. The minimum atomic E-state index is -0.960. The zero-order chi connectivity index (χ0) is 13.3. The molecule has 18 heavy (non-hydrogen) atoms. The summed E-state index contributed by atoms with van der Waals surface area (Å²) < 4.78 is 0. The molecule has 4 heteroatoms. The maximum absolute atomic E-state index is 10.9. The predicted octanol–water partition coefficient (Wildman–Crippen LogP) is 1.99. The highest BCUT2D eigenvalue weighted by molar-refractivity contribution is 5.88. The van der Waals surface area contributed by atoms with Gasteiger partial charge in [-0.25, -0.2) is 0 Å². The molecule has 0 spiro atoms. The van der Waals surface area contributed by atoms with Crippen LogP contribution < -0.4 is 5.73 Å². The van der Waals surface area contributed by atoms with Crippen LogP contribution in [-0.2, 0) is 17.6 Å². The van der Waals surface area contributed by atoms with Gasteiger partial charge in [-0.15, -0.1) is 0 Å². The standard InChI is InChI=1S/C14H18N2O2/c1-3-9-5-4-6-12-13(9)10(8(2)16-12)7-11(15)14(17)18/h4-6,11,16H,3,7,15H2,1-2H3,(H,17,18)/t11-/m0/s1. The number of fused-ring (bicyclic) bond motifs is 1. The Morgan fingerprint density at radius 1 is 1.50 bits per heavy atom. The Bertz CT molecular complexity index is 587. The van der Waals surface area contributed by atoms with E-state index < -0.39 is 12.0 Å². The number of carbonyl (C=O) groups is 1. The molecule has 4 N–H and O–H groups in total. The van der Waals surface area contributed by atoms with E-state index in [2.05, 4.69) is 18.0 Å². The number of aliphatic carboxylic acids is 1. The molecular weight excluding hydrogens is 228 g/mol. The maximum Gasteiger partial charge on any atom is 0.320 e. The zero-order valence-corrected chi connectivity index (χ0v) is 10.7. The monoisotopic (exact) mass is 246 g/mol. The van der Waals surface area contributed by atoms with Crippen molar-refractivity contribution in [3.05, 3.63) is 35.0 Å². The average Bonchev–Trinajstić information content (AvgIpc) is 2.65. The van der Waals surface area contributed by atoms with Crippen molar-refractivity contribution < 1.29 is 9.90 Å². The fourth-order valence-electron chi connectivity index (χ4n) is 2.38. The first-order valence-corrected chi connectivity index (χ1v) is 6.12. The minimum absolute atomic E-state index is 0.359. The van der Waals surface area contributed by atoms with Crippen molar-refractivity contribution in [2.45, 2.75) is 32.7 Å². The molecule has 0 fully saturated rings. The van der Waals surface area contributed by atoms with Crippen molar-refractivity contribution in [1.82, 2.24) is 4.98 Å². The quantitative estimate of drug-likeness (QED) is 0.772. The molecule has 2 rings (SSSR count). The molecule has 0 aliphatic heterocycles. The number of hydrogen-bond donors (Lipinski definition) is 3. The van der Waals surface area contributed by atoms with E-state index in [0.717, 1.165) is 28.6 Å². The van der Waals surface area contributed by atoms with Gasteiger partial charge in [-0.2, -0.15) is 0 Å². The second kappa shape index (κ2) is 4.82. The summed E-state index contributed by atoms with van der Waals surface area (Å²) in [6.45, 7) is 4.06. The Kier molecular flexibility index (Phi) is 3.39. The number of carboxylic acid groups (broad SMARTS) is 1. The van der Waals surface area contributed by atoms with E-state index in [1.165, 1.54) is 5.56 Å². The Hall–Kier alpha value is -1.81. The van der Waals surface area contributed by atoms with Gasteiger partial charge >= 0.3 is 5.97 Å². The lowest BCUT2D eigenvalue weighted by atomic mass is 9.98. The Morgan fingerprint density at radius 2 is 2.22 bits per heavy atom. The van der Waals surface area contributed by atoms with Gasteiger partial charge in [0.15, 0.2) is 0 Å². The molecule has 0 aliphatic rings. The molecule has 0 saturated heterocycles. The summed E-state index contributed by atoms with van der Waals surface area (Å²) in [6.07, 6.45) is 1.28. The molecule has 1 atom stereocenters. The number of benzene rings is 1. The number of nitrogens with one attached hydrogen (secondary N) is 1. The number of rotatable bonds is 4. The second-order valence-electron chi connectivity index (χ2n) is 4.57. The van der Waals surface area contributed by atoms with Crippen LogP contribution in [-0.4, -0.2) is 22.1 Å². The highest BCUT2D eigenvalue weighted by Crippen LogP contribution is 2.27. The molecule has 0 aliphatic carbocycles. The third-order valence-electron chi connectivity index (χ3n) is 3.35. The minimum Gasteiger partial charge on any atom is -0.480 e. The summed E-state index contributed by atoms with van der Waals surface area (Å²) in [6, 6.07) is 5.24. The van der Waals surface area contributed by atoms with E-state index in [0.29, 0.717) is 6.42 Å². The van der Waals surface area contributed by atoms with Gasteiger partial charge in [-0.05, 0) is 30.5 Å². The number of aromatic nitrogens is 1. The SMILES string of the molecule is CCc1cccc2[nH]c(C)c(C[C@H](N)C(=O)O)c12. The molecule has 0 radical (unpaired) electrons. The van der Waals surface area contributed by atoms with Gasteiger partial charge < -0.3 is 15.8 Å². The molecule has 0 amide bonds. The first-order valence-electron chi connectivity index (χ1n) is 6.12. The molecule has 1 heterocycles. The van der Waals surface area contributed by atoms with Crippen LogP contribution >= 0.6 is 0 Å². The van der Waals surface area contributed by atoms with Gasteiger partial charge in [0.2, 0.25) is 0 Å². The lowest BCUT2D eigenvalue weighted by Gasteiger charge is -2.08. The number of aromatic amines is 1. The van der Waals surface area contributed by atoms with Crippen LogP contribution in [0.2, 0.25) is 0 Å². The largest absolute Gasteiger partial charge is 0.480 e. The van der Waals surface area contributed by atoms with Crippen LogP contribution in [0.4, 0.5) is 0 Å². The summed E-state index contributed by atoms with van der Waals surface area (Å²) in [5.74, 6) is -0.960. The highest BCUT2D eigenvalue weighted by atomic mass is 16.4. The lowest BCUT2D eigenvalue weighted by Crippen LogP contribution is -2.32. The smallest absolute Gasteiger partial charge is 0.320 e. The molecule has 0 bridgehead atoms. The summed E-state index contributed by atoms with van der Waals surface area (Å²) in [5, 5.41) is 10.1. The van der Waals surface area contributed by atoms with E-state index >= 15 is 0 Å². The topological polar surface area (TPSA) is 79.1 Å². The van der Waals surface area contributed by atoms with E-state index in [4.69, 9.17) is 10.8 Å². The van der Waals surface area contributed by atoms with Gasteiger partial charge in [0, 0.05) is 23.0 Å². The van der Waals surface area contributed by atoms with Crippen LogP contribution in [0.5, 0.6) is 0 Å². The summed E-state index contributed by atoms with van der Waals surface area (Å²) >= 11 is 0. The van der Waals surface area contributed by atoms with Crippen LogP contribution in [0.1, 0.15) is 23.7 Å². The van der Waals surface area contributed by atoms with Gasteiger partial charge in [-0.1, -0.05) is 19.1 Å². The van der Waals surface area contributed by atoms with Crippen LogP contribution in [0, 0.1) is 6.92 Å². The Labute approximate surface area is 106 Å². The van der Waals surface area contributed by atoms with Gasteiger partial charge in [0.1, 0.15) is 6.04 Å². The molecule has 1 aromatic carbocycles. The van der Waals surface area contributed by atoms with E-state index in [1.807, 2.05) is 19.1 Å². The summed E-state index contributed by atoms with van der Waals surface area (Å²) in [5.41, 5.74) is 9.95. The van der Waals surface area contributed by atoms with Gasteiger partial charge in [0.05, 0.1) is 0 Å². The molecule has 2 aromatic rings. The first kappa shape index (κ1) is 12.6. The summed E-state index contributed by atoms with van der Waals surface area (Å²) in [4.78, 5) is 14.2. The molecular formula is C14H18N2O2. The van der Waals surface area contributed by atoms with Crippen molar-refractivity contribution in [2.75, 3.05) is 0 Å². The molecule has 4 nitrogen and oxygen atoms in total. The first-order chi connectivity index (χ1) is 8.54. The van der Waals surface area contributed by atoms with E-state index in [-0.39, 0.29) is 0 Å². The van der Waals surface area contributed by atoms with Crippen LogP contribution in [0.3, 0.4) is 0 Å². The van der Waals surface area contributed by atoms with Crippen molar-refractivity contribution in [2.24, 2.45) is 5.73 Å². The number of carboxylic acids is 1. The van der Waals surface area contributed by atoms with Gasteiger partial charge in [0.25, 0.3) is 0 Å². The van der Waals surface area contributed by atoms with Crippen molar-refractivity contribution in [3.8, 4) is 0 Å². The van der Waals surface area contributed by atoms with Crippen LogP contribution in [0.25, 0.3) is 10.9 Å². The Balaban J connectivity index is 2.55. The fourth-order valence-corrected chi connectivity index (χ4v) is 2.38. The molecule has 1 aromatic heterocycles. The molecule has 0 unspecified atom stereocenters. The second-order valence-corrected chi connectivity index (χ2v) is 4.57. The fraction of sp³-hybridized carbons (Fsp3) is 0.357. The van der Waals surface area contributed by atoms with Crippen LogP contribution in [0.15, 0.2) is 18.2 Å².